The van der Waals surface area contributed by atoms with Crippen LogP contribution >= 0.6 is 0 Å². The van der Waals surface area contributed by atoms with Crippen molar-refractivity contribution in [3.05, 3.63) is 0 Å². The first kappa shape index (κ1) is 13.5. The minimum absolute atomic E-state index is 0.106. The van der Waals surface area contributed by atoms with Gasteiger partial charge in [-0.25, -0.2) is 0 Å². The van der Waals surface area contributed by atoms with Crippen LogP contribution in [0.5, 0.6) is 0 Å². The van der Waals surface area contributed by atoms with Crippen LogP contribution in [0.25, 0.3) is 0 Å². The van der Waals surface area contributed by atoms with Gasteiger partial charge in [-0.05, 0) is 39.5 Å². The third-order valence-electron chi connectivity index (χ3n) is 3.02. The fourth-order valence-corrected chi connectivity index (χ4v) is 2.20. The Balaban J connectivity index is 2.13. The summed E-state index contributed by atoms with van der Waals surface area (Å²) in [4.78, 5) is 11.5. The molecule has 0 aromatic heterocycles. The van der Waals surface area contributed by atoms with E-state index < -0.39 is 0 Å². The van der Waals surface area contributed by atoms with Crippen molar-refractivity contribution in [1.29, 1.82) is 0 Å². The van der Waals surface area contributed by atoms with E-state index in [0.29, 0.717) is 12.5 Å². The maximum absolute atomic E-state index is 11.5. The standard InChI is InChI=1S/C13H25NO2/c1-10-6-5-7-11(10)14-9-8-12(15)16-13(2,3)4/h10-11,14H,5-9H2,1-4H3. The molecule has 1 rings (SSSR count). The average molecular weight is 227 g/mol. The van der Waals surface area contributed by atoms with Gasteiger partial charge < -0.3 is 10.1 Å². The van der Waals surface area contributed by atoms with Crippen LogP contribution in [0.4, 0.5) is 0 Å². The molecule has 0 saturated heterocycles. The number of carbonyl (C=O) groups excluding carboxylic acids is 1. The second-order valence-electron chi connectivity index (χ2n) is 5.81. The highest BCUT2D eigenvalue weighted by Crippen LogP contribution is 2.24. The van der Waals surface area contributed by atoms with Gasteiger partial charge in [-0.3, -0.25) is 4.79 Å². The molecule has 1 aliphatic carbocycles. The zero-order chi connectivity index (χ0) is 12.2. The molecular weight excluding hydrogens is 202 g/mol. The smallest absolute Gasteiger partial charge is 0.307 e. The Morgan fingerprint density at radius 3 is 2.56 bits per heavy atom. The molecule has 0 amide bonds. The molecule has 1 aliphatic rings. The van der Waals surface area contributed by atoms with Crippen LogP contribution < -0.4 is 5.32 Å². The molecule has 1 saturated carbocycles. The van der Waals surface area contributed by atoms with Gasteiger partial charge in [0.1, 0.15) is 5.60 Å². The zero-order valence-corrected chi connectivity index (χ0v) is 11.0. The maximum Gasteiger partial charge on any atom is 0.307 e. The summed E-state index contributed by atoms with van der Waals surface area (Å²) in [6.07, 6.45) is 4.34. The molecule has 0 spiro atoms. The van der Waals surface area contributed by atoms with Crippen LogP contribution in [0.1, 0.15) is 53.4 Å². The SMILES string of the molecule is CC1CCCC1NCCC(=O)OC(C)(C)C. The first-order valence-corrected chi connectivity index (χ1v) is 6.34. The van der Waals surface area contributed by atoms with Crippen LogP contribution in [0, 0.1) is 5.92 Å². The van der Waals surface area contributed by atoms with Crippen molar-refractivity contribution in [2.45, 2.75) is 65.0 Å². The third kappa shape index (κ3) is 4.97. The van der Waals surface area contributed by atoms with Gasteiger partial charge in [0.25, 0.3) is 0 Å². The molecule has 0 aromatic carbocycles. The van der Waals surface area contributed by atoms with E-state index in [1.165, 1.54) is 19.3 Å². The number of ether oxygens (including phenoxy) is 1. The fraction of sp³-hybridized carbons (Fsp3) is 0.923. The molecule has 0 heterocycles. The second-order valence-corrected chi connectivity index (χ2v) is 5.81. The molecule has 1 N–H and O–H groups in total. The van der Waals surface area contributed by atoms with E-state index in [1.54, 1.807) is 0 Å². The summed E-state index contributed by atoms with van der Waals surface area (Å²) < 4.78 is 5.25. The van der Waals surface area contributed by atoms with Crippen molar-refractivity contribution in [2.75, 3.05) is 6.54 Å². The summed E-state index contributed by atoms with van der Waals surface area (Å²) >= 11 is 0. The minimum atomic E-state index is -0.363. The molecule has 2 unspecified atom stereocenters. The van der Waals surface area contributed by atoms with E-state index in [1.807, 2.05) is 20.8 Å². The fourth-order valence-electron chi connectivity index (χ4n) is 2.20. The molecule has 94 valence electrons. The monoisotopic (exact) mass is 227 g/mol. The summed E-state index contributed by atoms with van der Waals surface area (Å²) in [5.74, 6) is 0.643. The number of hydrogen-bond donors (Lipinski definition) is 1. The number of rotatable bonds is 4. The van der Waals surface area contributed by atoms with E-state index in [-0.39, 0.29) is 11.6 Å². The highest BCUT2D eigenvalue weighted by Gasteiger charge is 2.23. The van der Waals surface area contributed by atoms with Gasteiger partial charge in [-0.15, -0.1) is 0 Å². The Labute approximate surface area is 98.9 Å². The molecule has 3 heteroatoms. The van der Waals surface area contributed by atoms with Crippen molar-refractivity contribution in [3.63, 3.8) is 0 Å². The van der Waals surface area contributed by atoms with E-state index in [9.17, 15) is 4.79 Å². The van der Waals surface area contributed by atoms with E-state index in [0.717, 1.165) is 12.5 Å². The Morgan fingerprint density at radius 1 is 1.38 bits per heavy atom. The van der Waals surface area contributed by atoms with Crippen molar-refractivity contribution in [1.82, 2.24) is 5.32 Å². The molecule has 0 radical (unpaired) electrons. The molecule has 0 bridgehead atoms. The molecule has 2 atom stereocenters. The molecule has 0 aliphatic heterocycles. The Hall–Kier alpha value is -0.570. The zero-order valence-electron chi connectivity index (χ0n) is 11.0. The summed E-state index contributed by atoms with van der Waals surface area (Å²) in [7, 11) is 0. The predicted molar refractivity (Wildman–Crippen MR) is 65.3 cm³/mol. The summed E-state index contributed by atoms with van der Waals surface area (Å²) in [5, 5.41) is 3.45. The number of carbonyl (C=O) groups is 1. The second kappa shape index (κ2) is 5.67. The van der Waals surface area contributed by atoms with Gasteiger partial charge in [0, 0.05) is 12.6 Å². The van der Waals surface area contributed by atoms with Crippen LogP contribution in [0.15, 0.2) is 0 Å². The van der Waals surface area contributed by atoms with Gasteiger partial charge >= 0.3 is 5.97 Å². The lowest BCUT2D eigenvalue weighted by molar-refractivity contribution is -0.154. The molecule has 3 nitrogen and oxygen atoms in total. The molecule has 0 aromatic rings. The number of nitrogens with one attached hydrogen (secondary N) is 1. The van der Waals surface area contributed by atoms with Crippen molar-refractivity contribution in [2.24, 2.45) is 5.92 Å². The predicted octanol–water partition coefficient (Wildman–Crippen LogP) is 2.50. The molecule has 16 heavy (non-hydrogen) atoms. The lowest BCUT2D eigenvalue weighted by Crippen LogP contribution is -2.34. The lowest BCUT2D eigenvalue weighted by Gasteiger charge is -2.21. The van der Waals surface area contributed by atoms with E-state index in [2.05, 4.69) is 12.2 Å². The summed E-state index contributed by atoms with van der Waals surface area (Å²) in [6.45, 7) is 8.72. The normalized spacial score (nSPS) is 25.8. The van der Waals surface area contributed by atoms with Crippen molar-refractivity contribution < 1.29 is 9.53 Å². The summed E-state index contributed by atoms with van der Waals surface area (Å²) in [6, 6.07) is 0.599. The summed E-state index contributed by atoms with van der Waals surface area (Å²) in [5.41, 5.74) is -0.363. The van der Waals surface area contributed by atoms with E-state index >= 15 is 0 Å². The van der Waals surface area contributed by atoms with Crippen LogP contribution in [0.3, 0.4) is 0 Å². The van der Waals surface area contributed by atoms with Gasteiger partial charge in [-0.2, -0.15) is 0 Å². The third-order valence-corrected chi connectivity index (χ3v) is 3.02. The van der Waals surface area contributed by atoms with Crippen molar-refractivity contribution in [3.8, 4) is 0 Å². The van der Waals surface area contributed by atoms with Crippen LogP contribution in [0.2, 0.25) is 0 Å². The lowest BCUT2D eigenvalue weighted by atomic mass is 10.1. The van der Waals surface area contributed by atoms with Gasteiger partial charge in [0.2, 0.25) is 0 Å². The topological polar surface area (TPSA) is 38.3 Å². The van der Waals surface area contributed by atoms with E-state index in [4.69, 9.17) is 4.74 Å². The van der Waals surface area contributed by atoms with Gasteiger partial charge in [0.05, 0.1) is 6.42 Å². The minimum Gasteiger partial charge on any atom is -0.460 e. The molecule has 1 fully saturated rings. The maximum atomic E-state index is 11.5. The largest absolute Gasteiger partial charge is 0.460 e. The highest BCUT2D eigenvalue weighted by atomic mass is 16.6. The number of hydrogen-bond acceptors (Lipinski definition) is 3. The van der Waals surface area contributed by atoms with Crippen molar-refractivity contribution >= 4 is 5.97 Å². The Morgan fingerprint density at radius 2 is 2.06 bits per heavy atom. The Kier molecular flexibility index (Phi) is 4.78. The first-order valence-electron chi connectivity index (χ1n) is 6.34. The Bertz CT molecular complexity index is 233. The quantitative estimate of drug-likeness (QED) is 0.750. The first-order chi connectivity index (χ1) is 7.38. The number of esters is 1. The van der Waals surface area contributed by atoms with Crippen LogP contribution in [-0.2, 0) is 9.53 Å². The highest BCUT2D eigenvalue weighted by molar-refractivity contribution is 5.70. The van der Waals surface area contributed by atoms with Gasteiger partial charge in [-0.1, -0.05) is 13.3 Å². The van der Waals surface area contributed by atoms with Crippen LogP contribution in [-0.4, -0.2) is 24.2 Å². The van der Waals surface area contributed by atoms with Gasteiger partial charge in [0.15, 0.2) is 0 Å². The average Bonchev–Trinajstić information content (AvgIpc) is 2.48. The molecular formula is C13H25NO2.